The summed E-state index contributed by atoms with van der Waals surface area (Å²) in [5.41, 5.74) is 0.0422. The van der Waals surface area contributed by atoms with Crippen LogP contribution in [-0.2, 0) is 0 Å². The lowest BCUT2D eigenvalue weighted by molar-refractivity contribution is 0.0680. The van der Waals surface area contributed by atoms with Gasteiger partial charge in [0.25, 0.3) is 0 Å². The Balaban J connectivity index is 2.03. The lowest BCUT2D eigenvalue weighted by Gasteiger charge is -2.22. The molecule has 15 heavy (non-hydrogen) atoms. The Hall–Kier alpha value is -1.52. The standard InChI is InChI=1S/C10H14N2O3/c13-10(14)9-8(6-11-12-9)15-7-4-2-1-3-5-7/h6-7H,1-5H2,(H,11,12)(H,13,14). The van der Waals surface area contributed by atoms with Crippen molar-refractivity contribution in [1.82, 2.24) is 10.2 Å². The number of carboxylic acids is 1. The number of aromatic nitrogens is 2. The minimum absolute atomic E-state index is 0.0422. The molecule has 1 heterocycles. The summed E-state index contributed by atoms with van der Waals surface area (Å²) >= 11 is 0. The van der Waals surface area contributed by atoms with Gasteiger partial charge >= 0.3 is 5.97 Å². The zero-order valence-corrected chi connectivity index (χ0v) is 8.40. The zero-order chi connectivity index (χ0) is 10.7. The molecule has 1 fully saturated rings. The van der Waals surface area contributed by atoms with Crippen LogP contribution in [0.1, 0.15) is 42.6 Å². The largest absolute Gasteiger partial charge is 0.486 e. The van der Waals surface area contributed by atoms with Crippen LogP contribution in [0, 0.1) is 0 Å². The van der Waals surface area contributed by atoms with Gasteiger partial charge in [0, 0.05) is 0 Å². The Morgan fingerprint density at radius 2 is 2.20 bits per heavy atom. The van der Waals surface area contributed by atoms with Gasteiger partial charge in [0.15, 0.2) is 11.4 Å². The molecule has 5 heteroatoms. The van der Waals surface area contributed by atoms with Crippen molar-refractivity contribution in [3.05, 3.63) is 11.9 Å². The molecule has 0 saturated heterocycles. The molecule has 0 amide bonds. The van der Waals surface area contributed by atoms with Crippen LogP contribution in [0.25, 0.3) is 0 Å². The lowest BCUT2D eigenvalue weighted by Crippen LogP contribution is -2.20. The van der Waals surface area contributed by atoms with E-state index in [2.05, 4.69) is 10.2 Å². The quantitative estimate of drug-likeness (QED) is 0.797. The average molecular weight is 210 g/mol. The summed E-state index contributed by atoms with van der Waals surface area (Å²) in [5.74, 6) is -0.673. The third-order valence-electron chi connectivity index (χ3n) is 2.66. The summed E-state index contributed by atoms with van der Waals surface area (Å²) in [6.45, 7) is 0. The van der Waals surface area contributed by atoms with Crippen LogP contribution in [-0.4, -0.2) is 27.4 Å². The zero-order valence-electron chi connectivity index (χ0n) is 8.40. The van der Waals surface area contributed by atoms with Gasteiger partial charge in [0.05, 0.1) is 12.3 Å². The summed E-state index contributed by atoms with van der Waals surface area (Å²) in [7, 11) is 0. The monoisotopic (exact) mass is 210 g/mol. The van der Waals surface area contributed by atoms with Gasteiger partial charge < -0.3 is 9.84 Å². The van der Waals surface area contributed by atoms with Gasteiger partial charge in [-0.05, 0) is 25.7 Å². The van der Waals surface area contributed by atoms with Gasteiger partial charge in [-0.3, -0.25) is 5.10 Å². The topological polar surface area (TPSA) is 75.2 Å². The second-order valence-electron chi connectivity index (χ2n) is 3.79. The molecule has 0 radical (unpaired) electrons. The third kappa shape index (κ3) is 2.29. The Labute approximate surface area is 87.4 Å². The Morgan fingerprint density at radius 1 is 1.47 bits per heavy atom. The number of nitrogens with zero attached hydrogens (tertiary/aromatic N) is 1. The van der Waals surface area contributed by atoms with Crippen LogP contribution in [0.5, 0.6) is 5.75 Å². The minimum Gasteiger partial charge on any atom is -0.486 e. The van der Waals surface area contributed by atoms with Crippen molar-refractivity contribution in [2.24, 2.45) is 0 Å². The maximum atomic E-state index is 10.8. The molecular weight excluding hydrogens is 196 g/mol. The van der Waals surface area contributed by atoms with Crippen molar-refractivity contribution in [2.75, 3.05) is 0 Å². The number of nitrogens with one attached hydrogen (secondary N) is 1. The van der Waals surface area contributed by atoms with Crippen molar-refractivity contribution in [2.45, 2.75) is 38.2 Å². The van der Waals surface area contributed by atoms with Crippen molar-refractivity contribution >= 4 is 5.97 Å². The van der Waals surface area contributed by atoms with Crippen LogP contribution >= 0.6 is 0 Å². The molecule has 1 aliphatic rings. The fourth-order valence-corrected chi connectivity index (χ4v) is 1.88. The molecule has 0 atom stereocenters. The molecule has 1 aromatic heterocycles. The number of carboxylic acid groups (broad SMARTS) is 1. The van der Waals surface area contributed by atoms with E-state index in [9.17, 15) is 4.79 Å². The van der Waals surface area contributed by atoms with Crippen molar-refractivity contribution in [3.63, 3.8) is 0 Å². The number of carbonyl (C=O) groups is 1. The van der Waals surface area contributed by atoms with E-state index in [-0.39, 0.29) is 11.8 Å². The van der Waals surface area contributed by atoms with E-state index < -0.39 is 5.97 Å². The molecule has 1 saturated carbocycles. The molecule has 5 nitrogen and oxygen atoms in total. The summed E-state index contributed by atoms with van der Waals surface area (Å²) in [6, 6.07) is 0. The molecule has 0 unspecified atom stereocenters. The first-order chi connectivity index (χ1) is 7.27. The maximum absolute atomic E-state index is 10.8. The highest BCUT2D eigenvalue weighted by atomic mass is 16.5. The maximum Gasteiger partial charge on any atom is 0.357 e. The Morgan fingerprint density at radius 3 is 2.87 bits per heavy atom. The van der Waals surface area contributed by atoms with Gasteiger partial charge in [0.1, 0.15) is 0 Å². The van der Waals surface area contributed by atoms with Crippen LogP contribution < -0.4 is 4.74 Å². The Kier molecular flexibility index (Phi) is 2.89. The molecule has 82 valence electrons. The van der Waals surface area contributed by atoms with Gasteiger partial charge in [-0.2, -0.15) is 5.10 Å². The van der Waals surface area contributed by atoms with Crippen LogP contribution in [0.2, 0.25) is 0 Å². The fraction of sp³-hybridized carbons (Fsp3) is 0.600. The number of rotatable bonds is 3. The van der Waals surface area contributed by atoms with E-state index >= 15 is 0 Å². The predicted molar refractivity (Wildman–Crippen MR) is 53.0 cm³/mol. The molecule has 2 N–H and O–H groups in total. The van der Waals surface area contributed by atoms with Crippen molar-refractivity contribution < 1.29 is 14.6 Å². The van der Waals surface area contributed by atoms with E-state index in [1.807, 2.05) is 0 Å². The normalized spacial score (nSPS) is 17.6. The van der Waals surface area contributed by atoms with Crippen LogP contribution in [0.15, 0.2) is 6.20 Å². The molecule has 1 aromatic rings. The molecular formula is C10H14N2O3. The average Bonchev–Trinajstić information content (AvgIpc) is 2.67. The lowest BCUT2D eigenvalue weighted by atomic mass is 9.98. The predicted octanol–water partition coefficient (Wildman–Crippen LogP) is 1.82. The molecule has 0 aromatic carbocycles. The third-order valence-corrected chi connectivity index (χ3v) is 2.66. The molecule has 0 spiro atoms. The highest BCUT2D eigenvalue weighted by Gasteiger charge is 2.19. The SMILES string of the molecule is O=C(O)c1[nH]ncc1OC1CCCCC1. The number of hydrogen-bond acceptors (Lipinski definition) is 3. The number of aromatic carboxylic acids is 1. The smallest absolute Gasteiger partial charge is 0.357 e. The fourth-order valence-electron chi connectivity index (χ4n) is 1.88. The summed E-state index contributed by atoms with van der Waals surface area (Å²) in [6.07, 6.45) is 7.15. The van der Waals surface area contributed by atoms with Crippen LogP contribution in [0.3, 0.4) is 0 Å². The highest BCUT2D eigenvalue weighted by Crippen LogP contribution is 2.24. The van der Waals surface area contributed by atoms with Gasteiger partial charge in [0.2, 0.25) is 0 Å². The molecule has 1 aliphatic carbocycles. The molecule has 2 rings (SSSR count). The summed E-state index contributed by atoms with van der Waals surface area (Å²) in [5, 5.41) is 14.9. The van der Waals surface area contributed by atoms with Crippen molar-refractivity contribution in [3.8, 4) is 5.75 Å². The number of ether oxygens (including phenoxy) is 1. The Bertz CT molecular complexity index is 342. The number of aromatic amines is 1. The minimum atomic E-state index is -1.03. The second kappa shape index (κ2) is 4.33. The second-order valence-corrected chi connectivity index (χ2v) is 3.79. The summed E-state index contributed by atoms with van der Waals surface area (Å²) < 4.78 is 5.61. The molecule has 0 aliphatic heterocycles. The summed E-state index contributed by atoms with van der Waals surface area (Å²) in [4.78, 5) is 10.8. The number of hydrogen-bond donors (Lipinski definition) is 2. The first-order valence-electron chi connectivity index (χ1n) is 5.20. The number of H-pyrrole nitrogens is 1. The highest BCUT2D eigenvalue weighted by molar-refractivity contribution is 5.88. The van der Waals surface area contributed by atoms with E-state index in [0.717, 1.165) is 25.7 Å². The van der Waals surface area contributed by atoms with Gasteiger partial charge in [-0.15, -0.1) is 0 Å². The first-order valence-corrected chi connectivity index (χ1v) is 5.20. The van der Waals surface area contributed by atoms with Gasteiger partial charge in [-0.1, -0.05) is 6.42 Å². The van der Waals surface area contributed by atoms with E-state index in [1.54, 1.807) is 0 Å². The first kappa shape index (κ1) is 10.0. The van der Waals surface area contributed by atoms with Crippen LogP contribution in [0.4, 0.5) is 0 Å². The van der Waals surface area contributed by atoms with E-state index in [4.69, 9.17) is 9.84 Å². The van der Waals surface area contributed by atoms with E-state index in [0.29, 0.717) is 5.75 Å². The van der Waals surface area contributed by atoms with E-state index in [1.165, 1.54) is 12.6 Å². The van der Waals surface area contributed by atoms with Gasteiger partial charge in [-0.25, -0.2) is 4.79 Å². The molecule has 0 bridgehead atoms. The van der Waals surface area contributed by atoms with Crippen molar-refractivity contribution in [1.29, 1.82) is 0 Å².